The van der Waals surface area contributed by atoms with E-state index < -0.39 is 0 Å². The highest BCUT2D eigenvalue weighted by molar-refractivity contribution is 5.88. The lowest BCUT2D eigenvalue weighted by Crippen LogP contribution is -2.37. The molecular weight excluding hydrogens is 336 g/mol. The fourth-order valence-electron chi connectivity index (χ4n) is 2.83. The van der Waals surface area contributed by atoms with E-state index in [-0.39, 0.29) is 5.95 Å². The lowest BCUT2D eigenvalue weighted by molar-refractivity contribution is 0.122. The second-order valence-electron chi connectivity index (χ2n) is 5.62. The lowest BCUT2D eigenvalue weighted by atomic mass is 10.3. The number of methoxy groups -OCH3 is 1. The van der Waals surface area contributed by atoms with Crippen LogP contribution in [0, 0.1) is 0 Å². The van der Waals surface area contributed by atoms with Crippen LogP contribution in [0.3, 0.4) is 0 Å². The van der Waals surface area contributed by atoms with E-state index in [4.69, 9.17) is 20.2 Å². The summed E-state index contributed by atoms with van der Waals surface area (Å²) in [6, 6.07) is 0.393. The molecular formula is C16H18N8O2. The number of ether oxygens (including phenoxy) is 2. The molecule has 0 spiro atoms. The Bertz CT molecular complexity index is 947. The van der Waals surface area contributed by atoms with Gasteiger partial charge in [-0.15, -0.1) is 0 Å². The molecule has 1 fully saturated rings. The van der Waals surface area contributed by atoms with Crippen molar-refractivity contribution in [3.05, 3.63) is 19.0 Å². The second kappa shape index (κ2) is 6.56. The summed E-state index contributed by atoms with van der Waals surface area (Å²) in [5.41, 5.74) is 7.48. The molecule has 0 bridgehead atoms. The fraction of sp³-hybridized carbons (Fsp3) is 0.312. The number of hydrogen-bond donors (Lipinski definition) is 1. The molecule has 0 unspecified atom stereocenters. The molecule has 0 aromatic carbocycles. The second-order valence-corrected chi connectivity index (χ2v) is 5.62. The van der Waals surface area contributed by atoms with E-state index in [0.29, 0.717) is 60.7 Å². The monoisotopic (exact) mass is 354 g/mol. The summed E-state index contributed by atoms with van der Waals surface area (Å²) >= 11 is 0. The Balaban J connectivity index is 1.95. The zero-order valence-electron chi connectivity index (χ0n) is 14.3. The van der Waals surface area contributed by atoms with Gasteiger partial charge < -0.3 is 20.1 Å². The Hall–Kier alpha value is -3.27. The molecule has 134 valence electrons. The molecule has 10 nitrogen and oxygen atoms in total. The summed E-state index contributed by atoms with van der Waals surface area (Å²) in [5.74, 6) is 1.38. The number of aromatic nitrogens is 6. The number of nitrogen functional groups attached to an aromatic ring is 1. The summed E-state index contributed by atoms with van der Waals surface area (Å²) in [4.78, 5) is 24.1. The van der Waals surface area contributed by atoms with Gasteiger partial charge in [0.1, 0.15) is 0 Å². The molecule has 4 heterocycles. The molecule has 0 radical (unpaired) electrons. The Morgan fingerprint density at radius 2 is 1.92 bits per heavy atom. The van der Waals surface area contributed by atoms with Gasteiger partial charge in [0.05, 0.1) is 25.9 Å². The van der Waals surface area contributed by atoms with Gasteiger partial charge in [0.25, 0.3) is 0 Å². The predicted molar refractivity (Wildman–Crippen MR) is 96.7 cm³/mol. The highest BCUT2D eigenvalue weighted by Crippen LogP contribution is 2.30. The maximum atomic E-state index is 5.58. The van der Waals surface area contributed by atoms with Crippen LogP contribution >= 0.6 is 0 Å². The van der Waals surface area contributed by atoms with Crippen molar-refractivity contribution < 1.29 is 9.47 Å². The van der Waals surface area contributed by atoms with Crippen molar-refractivity contribution in [2.75, 3.05) is 44.0 Å². The van der Waals surface area contributed by atoms with E-state index in [9.17, 15) is 0 Å². The summed E-state index contributed by atoms with van der Waals surface area (Å²) in [6.07, 6.45) is 4.80. The summed E-state index contributed by atoms with van der Waals surface area (Å²) in [6.45, 7) is 6.52. The number of rotatable bonds is 4. The highest BCUT2D eigenvalue weighted by atomic mass is 16.5. The molecule has 26 heavy (non-hydrogen) atoms. The van der Waals surface area contributed by atoms with Gasteiger partial charge >= 0.3 is 6.01 Å². The van der Waals surface area contributed by atoms with Crippen LogP contribution in [0.5, 0.6) is 6.01 Å². The van der Waals surface area contributed by atoms with Crippen LogP contribution in [0.25, 0.3) is 28.8 Å². The van der Waals surface area contributed by atoms with Crippen LogP contribution in [-0.2, 0) is 4.74 Å². The van der Waals surface area contributed by atoms with Crippen LogP contribution < -0.4 is 15.4 Å². The highest BCUT2D eigenvalue weighted by Gasteiger charge is 2.23. The largest absolute Gasteiger partial charge is 0.468 e. The quantitative estimate of drug-likeness (QED) is 0.726. The number of morpholine rings is 1. The molecule has 0 saturated carbocycles. The van der Waals surface area contributed by atoms with Crippen molar-refractivity contribution >= 4 is 29.1 Å². The van der Waals surface area contributed by atoms with E-state index in [1.165, 1.54) is 0 Å². The Kier molecular flexibility index (Phi) is 4.09. The Morgan fingerprint density at radius 1 is 1.19 bits per heavy atom. The van der Waals surface area contributed by atoms with Crippen molar-refractivity contribution in [1.29, 1.82) is 0 Å². The van der Waals surface area contributed by atoms with E-state index in [0.717, 1.165) is 0 Å². The van der Waals surface area contributed by atoms with Gasteiger partial charge in [0.15, 0.2) is 22.8 Å². The summed E-state index contributed by atoms with van der Waals surface area (Å²) < 4.78 is 12.5. The Labute approximate surface area is 149 Å². The first-order valence-corrected chi connectivity index (χ1v) is 8.08. The first-order chi connectivity index (χ1) is 12.7. The van der Waals surface area contributed by atoms with Gasteiger partial charge in [-0.3, -0.25) is 4.57 Å². The van der Waals surface area contributed by atoms with Crippen LogP contribution in [0.1, 0.15) is 0 Å². The van der Waals surface area contributed by atoms with Gasteiger partial charge in [0.2, 0.25) is 5.95 Å². The Morgan fingerprint density at radius 3 is 2.58 bits per heavy atom. The maximum absolute atomic E-state index is 5.58. The minimum absolute atomic E-state index is 0.195. The fourth-order valence-corrected chi connectivity index (χ4v) is 2.83. The number of anilines is 2. The van der Waals surface area contributed by atoms with Gasteiger partial charge in [-0.25, -0.2) is 19.9 Å². The zero-order chi connectivity index (χ0) is 18.1. The third-order valence-corrected chi connectivity index (χ3v) is 4.09. The molecule has 1 saturated heterocycles. The molecule has 10 heteroatoms. The maximum Gasteiger partial charge on any atom is 0.302 e. The summed E-state index contributed by atoms with van der Waals surface area (Å²) in [5, 5.41) is 0. The number of nitrogens with two attached hydrogens (primary N) is 1. The first kappa shape index (κ1) is 16.2. The predicted octanol–water partition coefficient (Wildman–Crippen LogP) is 0.811. The molecule has 4 rings (SSSR count). The zero-order valence-corrected chi connectivity index (χ0v) is 14.3. The third-order valence-electron chi connectivity index (χ3n) is 4.09. The summed E-state index contributed by atoms with van der Waals surface area (Å²) in [7, 11) is 1.55. The SMILES string of the molecule is C=Cn1c(OC)nc2c(N3CCOCC3)nc(-c3cnc(N)nc3)nc21. The normalized spacial score (nSPS) is 14.6. The standard InChI is InChI=1S/C16H18N8O2/c1-3-24-14-11(20-16(24)25-2)13(23-4-6-26-7-5-23)21-12(22-14)10-8-18-15(17)19-9-10/h3,8-9H,1,4-7H2,2H3,(H2,17,18,19). The van der Waals surface area contributed by atoms with Crippen molar-refractivity contribution in [2.45, 2.75) is 0 Å². The van der Waals surface area contributed by atoms with E-state index in [2.05, 4.69) is 31.4 Å². The minimum atomic E-state index is 0.195. The van der Waals surface area contributed by atoms with Gasteiger partial charge in [-0.05, 0) is 0 Å². The number of imidazole rings is 1. The van der Waals surface area contributed by atoms with Crippen molar-refractivity contribution in [3.63, 3.8) is 0 Å². The minimum Gasteiger partial charge on any atom is -0.468 e. The first-order valence-electron chi connectivity index (χ1n) is 8.08. The molecule has 1 aliphatic rings. The van der Waals surface area contributed by atoms with E-state index >= 15 is 0 Å². The average molecular weight is 354 g/mol. The smallest absolute Gasteiger partial charge is 0.302 e. The van der Waals surface area contributed by atoms with Crippen LogP contribution in [-0.4, -0.2) is 62.9 Å². The van der Waals surface area contributed by atoms with Crippen LogP contribution in [0.2, 0.25) is 0 Å². The van der Waals surface area contributed by atoms with Crippen molar-refractivity contribution in [3.8, 4) is 17.4 Å². The molecule has 0 aliphatic carbocycles. The molecule has 2 N–H and O–H groups in total. The van der Waals surface area contributed by atoms with Crippen molar-refractivity contribution in [2.24, 2.45) is 0 Å². The number of fused-ring (bicyclic) bond motifs is 1. The van der Waals surface area contributed by atoms with Crippen LogP contribution in [0.15, 0.2) is 19.0 Å². The average Bonchev–Trinajstić information content (AvgIpc) is 3.06. The van der Waals surface area contributed by atoms with E-state index in [1.807, 2.05) is 0 Å². The number of nitrogens with zero attached hydrogens (tertiary/aromatic N) is 7. The molecule has 1 aliphatic heterocycles. The van der Waals surface area contributed by atoms with Crippen LogP contribution in [0.4, 0.5) is 11.8 Å². The van der Waals surface area contributed by atoms with Gasteiger partial charge in [-0.1, -0.05) is 6.58 Å². The molecule has 3 aromatic rings. The third kappa shape index (κ3) is 2.69. The van der Waals surface area contributed by atoms with Gasteiger partial charge in [0, 0.05) is 31.7 Å². The lowest BCUT2D eigenvalue weighted by Gasteiger charge is -2.28. The molecule has 0 atom stereocenters. The molecule has 3 aromatic heterocycles. The topological polar surface area (TPSA) is 117 Å². The van der Waals surface area contributed by atoms with E-state index in [1.54, 1.807) is 30.3 Å². The van der Waals surface area contributed by atoms with Crippen molar-refractivity contribution in [1.82, 2.24) is 29.5 Å². The molecule has 0 amide bonds. The van der Waals surface area contributed by atoms with Gasteiger partial charge in [-0.2, -0.15) is 4.98 Å². The number of hydrogen-bond acceptors (Lipinski definition) is 9.